The molecule has 2 rings (SSSR count). The molecule has 5 nitrogen and oxygen atoms in total. The normalized spacial score (nSPS) is 10.9. The molecule has 0 aliphatic rings. The Morgan fingerprint density at radius 3 is 2.79 bits per heavy atom. The lowest BCUT2D eigenvalue weighted by molar-refractivity contribution is 0.585. The summed E-state index contributed by atoms with van der Waals surface area (Å²) in [7, 11) is 0. The summed E-state index contributed by atoms with van der Waals surface area (Å²) in [6, 6.07) is 0. The molecule has 0 aromatic carbocycles. The summed E-state index contributed by atoms with van der Waals surface area (Å²) in [6.07, 6.45) is 3.85. The molecule has 0 N–H and O–H groups in total. The van der Waals surface area contributed by atoms with Crippen molar-refractivity contribution in [2.24, 2.45) is 0 Å². The van der Waals surface area contributed by atoms with Crippen LogP contribution in [0.25, 0.3) is 0 Å². The second-order valence-electron chi connectivity index (χ2n) is 4.05. The van der Waals surface area contributed by atoms with E-state index in [2.05, 4.69) is 10.1 Å². The van der Waals surface area contributed by atoms with Gasteiger partial charge in [0.1, 0.15) is 0 Å². The molecular weight excluding hydrogens is 379 g/mol. The van der Waals surface area contributed by atoms with E-state index < -0.39 is 0 Å². The van der Waals surface area contributed by atoms with Crippen molar-refractivity contribution in [3.05, 3.63) is 42.9 Å². The molecule has 0 aliphatic carbocycles. The molecule has 0 fully saturated rings. The topological polar surface area (TPSA) is 52.7 Å². The Kier molecular flexibility index (Phi) is 4.62. The highest BCUT2D eigenvalue weighted by Gasteiger charge is 2.15. The van der Waals surface area contributed by atoms with Crippen molar-refractivity contribution < 1.29 is 0 Å². The minimum Gasteiger partial charge on any atom is -0.292 e. The quantitative estimate of drug-likeness (QED) is 0.751. The van der Waals surface area contributed by atoms with Crippen LogP contribution in [0.1, 0.15) is 25.2 Å². The van der Waals surface area contributed by atoms with E-state index in [0.717, 1.165) is 24.4 Å². The van der Waals surface area contributed by atoms with Gasteiger partial charge < -0.3 is 0 Å². The molecule has 0 bridgehead atoms. The largest absolute Gasteiger partial charge is 0.292 e. The van der Waals surface area contributed by atoms with Gasteiger partial charge in [0.2, 0.25) is 0 Å². The van der Waals surface area contributed by atoms with Gasteiger partial charge in [-0.15, -0.1) is 0 Å². The van der Waals surface area contributed by atoms with E-state index in [1.807, 2.05) is 41.1 Å². The van der Waals surface area contributed by atoms with E-state index >= 15 is 0 Å². The van der Waals surface area contributed by atoms with Gasteiger partial charge in [-0.3, -0.25) is 14.0 Å². The van der Waals surface area contributed by atoms with Crippen LogP contribution in [-0.2, 0) is 19.5 Å². The van der Waals surface area contributed by atoms with Crippen molar-refractivity contribution in [2.45, 2.75) is 33.4 Å². The Morgan fingerprint density at radius 2 is 2.16 bits per heavy atom. The summed E-state index contributed by atoms with van der Waals surface area (Å²) in [5.74, 6) is 0. The first-order valence-corrected chi connectivity index (χ1v) is 7.48. The van der Waals surface area contributed by atoms with E-state index in [1.54, 1.807) is 10.8 Å². The van der Waals surface area contributed by atoms with Crippen molar-refractivity contribution in [2.75, 3.05) is 0 Å². The number of rotatable bonds is 4. The van der Waals surface area contributed by atoms with E-state index in [9.17, 15) is 4.79 Å². The number of halogens is 2. The second kappa shape index (κ2) is 6.04. The van der Waals surface area contributed by atoms with E-state index in [1.165, 1.54) is 6.33 Å². The van der Waals surface area contributed by atoms with Gasteiger partial charge in [-0.1, -0.05) is 18.5 Å². The van der Waals surface area contributed by atoms with Gasteiger partial charge in [-0.2, -0.15) is 5.10 Å². The van der Waals surface area contributed by atoms with E-state index in [4.69, 9.17) is 11.6 Å². The zero-order valence-corrected chi connectivity index (χ0v) is 13.6. The Bertz CT molecular complexity index is 650. The Balaban J connectivity index is 2.46. The number of aryl methyl sites for hydroxylation is 2. The zero-order chi connectivity index (χ0) is 14.0. The highest BCUT2D eigenvalue weighted by molar-refractivity contribution is 14.1. The van der Waals surface area contributed by atoms with Gasteiger partial charge in [0.15, 0.2) is 0 Å². The summed E-state index contributed by atoms with van der Waals surface area (Å²) < 4.78 is 3.98. The van der Waals surface area contributed by atoms with Crippen LogP contribution in [0.15, 0.2) is 17.3 Å². The fourth-order valence-corrected chi connectivity index (χ4v) is 2.67. The third-order valence-electron chi connectivity index (χ3n) is 2.87. The molecule has 0 saturated heterocycles. The highest BCUT2D eigenvalue weighted by Crippen LogP contribution is 2.22. The molecule has 19 heavy (non-hydrogen) atoms. The Hall–Kier alpha value is -0.890. The molecule has 0 aliphatic heterocycles. The molecule has 2 aromatic rings. The van der Waals surface area contributed by atoms with Gasteiger partial charge in [0.05, 0.1) is 32.9 Å². The first-order valence-electron chi connectivity index (χ1n) is 6.02. The minimum absolute atomic E-state index is 0.0615. The van der Waals surface area contributed by atoms with Crippen LogP contribution in [0.5, 0.6) is 0 Å². The van der Waals surface area contributed by atoms with Crippen molar-refractivity contribution in [1.82, 2.24) is 19.3 Å². The van der Waals surface area contributed by atoms with E-state index in [0.29, 0.717) is 15.1 Å². The number of aromatic nitrogens is 4. The maximum absolute atomic E-state index is 12.0. The molecule has 0 spiro atoms. The fourth-order valence-electron chi connectivity index (χ4n) is 1.87. The predicted molar refractivity (Wildman–Crippen MR) is 82.6 cm³/mol. The lowest BCUT2D eigenvalue weighted by Crippen LogP contribution is -2.24. The van der Waals surface area contributed by atoms with Crippen molar-refractivity contribution in [3.63, 3.8) is 0 Å². The first kappa shape index (κ1) is 14.5. The third-order valence-corrected chi connectivity index (χ3v) is 4.05. The summed E-state index contributed by atoms with van der Waals surface area (Å²) in [5, 5.41) is 5.09. The van der Waals surface area contributed by atoms with Crippen LogP contribution < -0.4 is 5.56 Å². The average molecular weight is 393 g/mol. The van der Waals surface area contributed by atoms with E-state index in [-0.39, 0.29) is 5.56 Å². The van der Waals surface area contributed by atoms with Gasteiger partial charge in [0.25, 0.3) is 5.56 Å². The van der Waals surface area contributed by atoms with Crippen LogP contribution in [-0.4, -0.2) is 19.3 Å². The van der Waals surface area contributed by atoms with Crippen LogP contribution >= 0.6 is 34.2 Å². The van der Waals surface area contributed by atoms with Crippen molar-refractivity contribution in [3.8, 4) is 0 Å². The minimum atomic E-state index is -0.0615. The number of hydrogen-bond acceptors (Lipinski definition) is 3. The van der Waals surface area contributed by atoms with Crippen molar-refractivity contribution in [1.29, 1.82) is 0 Å². The molecule has 0 saturated carbocycles. The smallest absolute Gasteiger partial charge is 0.267 e. The Morgan fingerprint density at radius 1 is 1.42 bits per heavy atom. The number of nitrogens with zero attached hydrogens (tertiary/aromatic N) is 4. The van der Waals surface area contributed by atoms with Gasteiger partial charge >= 0.3 is 0 Å². The maximum Gasteiger partial charge on any atom is 0.267 e. The van der Waals surface area contributed by atoms with Crippen LogP contribution in [0, 0.1) is 3.57 Å². The van der Waals surface area contributed by atoms with Gasteiger partial charge in [-0.05, 0) is 35.9 Å². The predicted octanol–water partition coefficient (Wildman–Crippen LogP) is 2.33. The lowest BCUT2D eigenvalue weighted by atomic mass is 10.3. The molecule has 2 heterocycles. The zero-order valence-electron chi connectivity index (χ0n) is 10.7. The lowest BCUT2D eigenvalue weighted by Gasteiger charge is -2.07. The molecule has 0 unspecified atom stereocenters. The molecule has 0 amide bonds. The monoisotopic (exact) mass is 392 g/mol. The highest BCUT2D eigenvalue weighted by atomic mass is 127. The molecule has 2 aromatic heterocycles. The van der Waals surface area contributed by atoms with Crippen molar-refractivity contribution >= 4 is 34.2 Å². The second-order valence-corrected chi connectivity index (χ2v) is 5.59. The third kappa shape index (κ3) is 2.84. The Labute approximate surface area is 129 Å². The summed E-state index contributed by atoms with van der Waals surface area (Å²) in [5.41, 5.74) is 1.66. The van der Waals surface area contributed by atoms with Gasteiger partial charge in [0, 0.05) is 12.7 Å². The van der Waals surface area contributed by atoms with Crippen LogP contribution in [0.4, 0.5) is 0 Å². The summed E-state index contributed by atoms with van der Waals surface area (Å²) in [6.45, 7) is 5.13. The maximum atomic E-state index is 12.0. The molecule has 102 valence electrons. The van der Waals surface area contributed by atoms with Gasteiger partial charge in [-0.25, -0.2) is 4.98 Å². The van der Waals surface area contributed by atoms with Crippen LogP contribution in [0.3, 0.4) is 0 Å². The number of hydrogen-bond donors (Lipinski definition) is 0. The fraction of sp³-hybridized carbons (Fsp3) is 0.417. The molecule has 0 radical (unpaired) electrons. The SMILES string of the molecule is CCc1nn(CC)c(Cn2cncc(I)c2=O)c1Cl. The standard InChI is InChI=1S/C12H14ClIN4O/c1-3-9-11(13)10(18(4-2)16-9)6-17-7-15-5-8(14)12(17)19/h5,7H,3-4,6H2,1-2H3. The molecule has 0 atom stereocenters. The summed E-state index contributed by atoms with van der Waals surface area (Å²) in [4.78, 5) is 16.0. The average Bonchev–Trinajstić information content (AvgIpc) is 2.71. The molecular formula is C12H14ClIN4O. The first-order chi connectivity index (χ1) is 9.08. The molecule has 7 heteroatoms. The van der Waals surface area contributed by atoms with Crippen LogP contribution in [0.2, 0.25) is 5.02 Å². The summed E-state index contributed by atoms with van der Waals surface area (Å²) >= 11 is 8.31.